The van der Waals surface area contributed by atoms with Gasteiger partial charge in [-0.15, -0.1) is 0 Å². The number of benzene rings is 2. The van der Waals surface area contributed by atoms with Gasteiger partial charge in [0, 0.05) is 6.54 Å². The van der Waals surface area contributed by atoms with Gasteiger partial charge >= 0.3 is 0 Å². The maximum Gasteiger partial charge on any atom is 0.254 e. The molecule has 2 rings (SSSR count). The Morgan fingerprint density at radius 2 is 1.89 bits per heavy atom. The molecule has 2 aromatic rings. The van der Waals surface area contributed by atoms with Crippen LogP contribution in [0, 0.1) is 12.7 Å². The molecule has 0 aliphatic rings. The van der Waals surface area contributed by atoms with E-state index in [-0.39, 0.29) is 5.56 Å². The van der Waals surface area contributed by atoms with E-state index >= 15 is 0 Å². The normalized spacial score (nSPS) is 10.1. The summed E-state index contributed by atoms with van der Waals surface area (Å²) in [5, 5.41) is 2.70. The molecule has 1 N–H and O–H groups in total. The third kappa shape index (κ3) is 2.94. The molecule has 0 heterocycles. The molecule has 0 unspecified atom stereocenters. The second kappa shape index (κ2) is 5.45. The Kier molecular flexibility index (Phi) is 3.72. The fraction of sp³-hybridized carbons (Fsp3) is 0.133. The van der Waals surface area contributed by atoms with Crippen LogP contribution in [0.1, 0.15) is 21.5 Å². The summed E-state index contributed by atoms with van der Waals surface area (Å²) in [6, 6.07) is 14.1. The maximum atomic E-state index is 13.6. The van der Waals surface area contributed by atoms with E-state index < -0.39 is 11.7 Å². The molecule has 2 aromatic carbocycles. The average Bonchev–Trinajstić information content (AvgIpc) is 2.37. The molecule has 0 atom stereocenters. The molecule has 2 nitrogen and oxygen atoms in total. The minimum Gasteiger partial charge on any atom is -0.348 e. The van der Waals surface area contributed by atoms with Crippen molar-refractivity contribution >= 4 is 5.91 Å². The molecule has 3 heteroatoms. The van der Waals surface area contributed by atoms with Gasteiger partial charge < -0.3 is 5.32 Å². The molecule has 0 bridgehead atoms. The molecule has 0 radical (unpaired) electrons. The highest BCUT2D eigenvalue weighted by Crippen LogP contribution is 2.10. The predicted octanol–water partition coefficient (Wildman–Crippen LogP) is 3.06. The van der Waals surface area contributed by atoms with Crippen molar-refractivity contribution in [2.24, 2.45) is 0 Å². The largest absolute Gasteiger partial charge is 0.348 e. The number of nitrogens with one attached hydrogen (secondary N) is 1. The number of carbonyl (C=O) groups excluding carboxylic acids is 1. The summed E-state index contributed by atoms with van der Waals surface area (Å²) in [6.45, 7) is 2.18. The highest BCUT2D eigenvalue weighted by molar-refractivity contribution is 5.94. The minimum absolute atomic E-state index is 0.0801. The lowest BCUT2D eigenvalue weighted by atomic mass is 10.1. The Labute approximate surface area is 105 Å². The van der Waals surface area contributed by atoms with Crippen LogP contribution in [0.5, 0.6) is 0 Å². The molecule has 0 fully saturated rings. The van der Waals surface area contributed by atoms with Gasteiger partial charge in [-0.05, 0) is 30.2 Å². The summed E-state index contributed by atoms with van der Waals surface area (Å²) in [4.78, 5) is 11.8. The van der Waals surface area contributed by atoms with Gasteiger partial charge in [0.25, 0.3) is 5.91 Å². The van der Waals surface area contributed by atoms with Gasteiger partial charge in [0.2, 0.25) is 0 Å². The van der Waals surface area contributed by atoms with Crippen molar-refractivity contribution in [2.45, 2.75) is 13.5 Å². The van der Waals surface area contributed by atoms with E-state index in [1.807, 2.05) is 30.3 Å². The Morgan fingerprint density at radius 3 is 2.56 bits per heavy atom. The zero-order valence-corrected chi connectivity index (χ0v) is 10.1. The molecule has 1 amide bonds. The lowest BCUT2D eigenvalue weighted by Gasteiger charge is -2.06. The first kappa shape index (κ1) is 12.3. The maximum absolute atomic E-state index is 13.6. The van der Waals surface area contributed by atoms with Crippen LogP contribution in [0.2, 0.25) is 0 Å². The lowest BCUT2D eigenvalue weighted by Crippen LogP contribution is -2.23. The Bertz CT molecular complexity index is 552. The average molecular weight is 243 g/mol. The fourth-order valence-electron chi connectivity index (χ4n) is 1.68. The first-order valence-electron chi connectivity index (χ1n) is 5.75. The van der Waals surface area contributed by atoms with Crippen molar-refractivity contribution in [1.29, 1.82) is 0 Å². The molecular formula is C15H14FNO. The third-order valence-electron chi connectivity index (χ3n) is 2.67. The SMILES string of the molecule is Cc1ccc(C(=O)NCc2ccccc2)c(F)c1. The predicted molar refractivity (Wildman–Crippen MR) is 68.7 cm³/mol. The number of rotatable bonds is 3. The van der Waals surface area contributed by atoms with Gasteiger partial charge in [-0.25, -0.2) is 4.39 Å². The van der Waals surface area contributed by atoms with Crippen LogP contribution in [0.4, 0.5) is 4.39 Å². The van der Waals surface area contributed by atoms with Gasteiger partial charge in [-0.1, -0.05) is 36.4 Å². The van der Waals surface area contributed by atoms with Gasteiger partial charge in [0.1, 0.15) is 5.82 Å². The Balaban J connectivity index is 2.04. The van der Waals surface area contributed by atoms with Crippen LogP contribution in [0.25, 0.3) is 0 Å². The van der Waals surface area contributed by atoms with Gasteiger partial charge in [-0.2, -0.15) is 0 Å². The second-order valence-corrected chi connectivity index (χ2v) is 4.15. The Hall–Kier alpha value is -2.16. The smallest absolute Gasteiger partial charge is 0.254 e. The number of hydrogen-bond donors (Lipinski definition) is 1. The van der Waals surface area contributed by atoms with Crippen LogP contribution in [0.15, 0.2) is 48.5 Å². The third-order valence-corrected chi connectivity index (χ3v) is 2.67. The Morgan fingerprint density at radius 1 is 1.17 bits per heavy atom. The number of carbonyl (C=O) groups is 1. The summed E-state index contributed by atoms with van der Waals surface area (Å²) >= 11 is 0. The summed E-state index contributed by atoms with van der Waals surface area (Å²) in [5.74, 6) is -0.878. The van der Waals surface area contributed by atoms with E-state index in [1.54, 1.807) is 13.0 Å². The number of amides is 1. The molecule has 0 saturated carbocycles. The van der Waals surface area contributed by atoms with Gasteiger partial charge in [0.05, 0.1) is 5.56 Å². The highest BCUT2D eigenvalue weighted by Gasteiger charge is 2.10. The summed E-state index contributed by atoms with van der Waals surface area (Å²) < 4.78 is 13.6. The van der Waals surface area contributed by atoms with Crippen molar-refractivity contribution in [3.8, 4) is 0 Å². The molecule has 0 aliphatic heterocycles. The molecule has 18 heavy (non-hydrogen) atoms. The first-order chi connectivity index (χ1) is 8.66. The van der Waals surface area contributed by atoms with Gasteiger partial charge in [0.15, 0.2) is 0 Å². The first-order valence-corrected chi connectivity index (χ1v) is 5.75. The fourth-order valence-corrected chi connectivity index (χ4v) is 1.68. The van der Waals surface area contributed by atoms with Crippen LogP contribution in [0.3, 0.4) is 0 Å². The van der Waals surface area contributed by atoms with Gasteiger partial charge in [-0.3, -0.25) is 4.79 Å². The molecule has 0 spiro atoms. The minimum atomic E-state index is -0.486. The monoisotopic (exact) mass is 243 g/mol. The standard InChI is InChI=1S/C15H14FNO/c1-11-7-8-13(14(16)9-11)15(18)17-10-12-5-3-2-4-6-12/h2-9H,10H2,1H3,(H,17,18). The molecule has 92 valence electrons. The van der Waals surface area contributed by atoms with E-state index in [0.29, 0.717) is 6.54 Å². The van der Waals surface area contributed by atoms with E-state index in [9.17, 15) is 9.18 Å². The molecule has 0 aliphatic carbocycles. The van der Waals surface area contributed by atoms with Crippen molar-refractivity contribution in [3.63, 3.8) is 0 Å². The lowest BCUT2D eigenvalue weighted by molar-refractivity contribution is 0.0947. The van der Waals surface area contributed by atoms with Crippen molar-refractivity contribution in [2.75, 3.05) is 0 Å². The molecule has 0 saturated heterocycles. The number of hydrogen-bond acceptors (Lipinski definition) is 1. The quantitative estimate of drug-likeness (QED) is 0.882. The zero-order chi connectivity index (χ0) is 13.0. The van der Waals surface area contributed by atoms with E-state index in [2.05, 4.69) is 5.32 Å². The molecular weight excluding hydrogens is 229 g/mol. The van der Waals surface area contributed by atoms with Crippen molar-refractivity contribution in [3.05, 3.63) is 71.0 Å². The summed E-state index contributed by atoms with van der Waals surface area (Å²) in [7, 11) is 0. The highest BCUT2D eigenvalue weighted by atomic mass is 19.1. The van der Waals surface area contributed by atoms with E-state index in [1.165, 1.54) is 12.1 Å². The van der Waals surface area contributed by atoms with E-state index in [4.69, 9.17) is 0 Å². The van der Waals surface area contributed by atoms with Crippen LogP contribution in [-0.4, -0.2) is 5.91 Å². The van der Waals surface area contributed by atoms with Crippen LogP contribution < -0.4 is 5.32 Å². The number of halogens is 1. The topological polar surface area (TPSA) is 29.1 Å². The summed E-state index contributed by atoms with van der Waals surface area (Å²) in [6.07, 6.45) is 0. The van der Waals surface area contributed by atoms with E-state index in [0.717, 1.165) is 11.1 Å². The number of aryl methyl sites for hydroxylation is 1. The summed E-state index contributed by atoms with van der Waals surface area (Å²) in [5.41, 5.74) is 1.86. The molecule has 0 aromatic heterocycles. The van der Waals surface area contributed by atoms with Crippen molar-refractivity contribution < 1.29 is 9.18 Å². The second-order valence-electron chi connectivity index (χ2n) is 4.15. The van der Waals surface area contributed by atoms with Crippen LogP contribution >= 0.6 is 0 Å². The zero-order valence-electron chi connectivity index (χ0n) is 10.1. The van der Waals surface area contributed by atoms with Crippen LogP contribution in [-0.2, 0) is 6.54 Å². The van der Waals surface area contributed by atoms with Crippen molar-refractivity contribution in [1.82, 2.24) is 5.32 Å².